The van der Waals surface area contributed by atoms with E-state index in [9.17, 15) is 0 Å². The normalized spacial score (nSPS) is 11.2. The molecule has 0 spiro atoms. The summed E-state index contributed by atoms with van der Waals surface area (Å²) in [7, 11) is 4.09. The Hall–Kier alpha value is -2.53. The van der Waals surface area contributed by atoms with Gasteiger partial charge >= 0.3 is 0 Å². The van der Waals surface area contributed by atoms with Crippen molar-refractivity contribution < 1.29 is 4.42 Å². The zero-order valence-corrected chi connectivity index (χ0v) is 12.8. The van der Waals surface area contributed by atoms with Gasteiger partial charge in [0.25, 0.3) is 0 Å². The molecule has 3 aromatic rings. The molecule has 0 saturated carbocycles. The van der Waals surface area contributed by atoms with Gasteiger partial charge in [0.15, 0.2) is 5.58 Å². The molecule has 114 valence electrons. The first-order valence-corrected chi connectivity index (χ1v) is 7.27. The molecule has 3 rings (SSSR count). The van der Waals surface area contributed by atoms with Crippen molar-refractivity contribution in [1.82, 2.24) is 9.88 Å². The molecule has 22 heavy (non-hydrogen) atoms. The topological polar surface area (TPSA) is 67.3 Å². The number of nitrogens with two attached hydrogens (primary N) is 1. The molecule has 0 amide bonds. The molecule has 3 N–H and O–H groups in total. The minimum Gasteiger partial charge on any atom is -0.436 e. The van der Waals surface area contributed by atoms with Gasteiger partial charge in [-0.15, -0.1) is 0 Å². The standard InChI is InChI=1S/C17H20N4O/c1-21(2)10-9-19-14-8-7-12(11-13(14)18)17-20-15-5-3-4-6-16(15)22-17/h3-8,11,19H,9-10,18H2,1-2H3. The van der Waals surface area contributed by atoms with Crippen LogP contribution in [0, 0.1) is 0 Å². The predicted molar refractivity (Wildman–Crippen MR) is 90.9 cm³/mol. The van der Waals surface area contributed by atoms with Crippen molar-refractivity contribution in [3.05, 3.63) is 42.5 Å². The molecule has 0 radical (unpaired) electrons. The molecule has 0 atom stereocenters. The average Bonchev–Trinajstić information content (AvgIpc) is 2.92. The van der Waals surface area contributed by atoms with Gasteiger partial charge in [-0.3, -0.25) is 0 Å². The first kappa shape index (κ1) is 14.4. The number of likely N-dealkylation sites (N-methyl/N-ethyl adjacent to an activating group) is 1. The third-order valence-electron chi connectivity index (χ3n) is 3.47. The van der Waals surface area contributed by atoms with Crippen molar-refractivity contribution in [3.63, 3.8) is 0 Å². The van der Waals surface area contributed by atoms with E-state index in [1.54, 1.807) is 0 Å². The smallest absolute Gasteiger partial charge is 0.227 e. The van der Waals surface area contributed by atoms with Gasteiger partial charge in [-0.2, -0.15) is 0 Å². The van der Waals surface area contributed by atoms with Gasteiger partial charge in [-0.25, -0.2) is 4.98 Å². The lowest BCUT2D eigenvalue weighted by molar-refractivity contribution is 0.425. The lowest BCUT2D eigenvalue weighted by Crippen LogP contribution is -2.21. The lowest BCUT2D eigenvalue weighted by Gasteiger charge is -2.13. The van der Waals surface area contributed by atoms with Crippen molar-refractivity contribution in [2.45, 2.75) is 0 Å². The van der Waals surface area contributed by atoms with Crippen molar-refractivity contribution in [3.8, 4) is 11.5 Å². The van der Waals surface area contributed by atoms with E-state index in [2.05, 4.69) is 15.2 Å². The third-order valence-corrected chi connectivity index (χ3v) is 3.47. The summed E-state index contributed by atoms with van der Waals surface area (Å²) >= 11 is 0. The second-order valence-corrected chi connectivity index (χ2v) is 5.52. The summed E-state index contributed by atoms with van der Waals surface area (Å²) in [5.74, 6) is 0.591. The highest BCUT2D eigenvalue weighted by atomic mass is 16.3. The molecule has 0 unspecified atom stereocenters. The van der Waals surface area contributed by atoms with Crippen LogP contribution in [0.2, 0.25) is 0 Å². The highest BCUT2D eigenvalue weighted by Gasteiger charge is 2.09. The monoisotopic (exact) mass is 296 g/mol. The Morgan fingerprint density at radius 3 is 2.73 bits per heavy atom. The average molecular weight is 296 g/mol. The Labute approximate surface area is 129 Å². The minimum absolute atomic E-state index is 0.591. The van der Waals surface area contributed by atoms with Crippen LogP contribution in [0.4, 0.5) is 11.4 Å². The molecule has 0 saturated heterocycles. The lowest BCUT2D eigenvalue weighted by atomic mass is 10.1. The molecule has 5 heteroatoms. The van der Waals surface area contributed by atoms with E-state index in [0.29, 0.717) is 11.6 Å². The minimum atomic E-state index is 0.591. The number of anilines is 2. The maximum Gasteiger partial charge on any atom is 0.227 e. The van der Waals surface area contributed by atoms with Gasteiger partial charge in [-0.1, -0.05) is 12.1 Å². The number of nitrogens with one attached hydrogen (secondary N) is 1. The SMILES string of the molecule is CN(C)CCNc1ccc(-c2nc3ccccc3o2)cc1N. The van der Waals surface area contributed by atoms with E-state index in [1.165, 1.54) is 0 Å². The Morgan fingerprint density at radius 2 is 2.00 bits per heavy atom. The van der Waals surface area contributed by atoms with Gasteiger partial charge in [-0.05, 0) is 44.4 Å². The van der Waals surface area contributed by atoms with E-state index in [1.807, 2.05) is 56.6 Å². The maximum atomic E-state index is 6.12. The number of hydrogen-bond acceptors (Lipinski definition) is 5. The number of nitrogens with zero attached hydrogens (tertiary/aromatic N) is 2. The molecule has 0 aliphatic carbocycles. The first-order valence-electron chi connectivity index (χ1n) is 7.27. The Morgan fingerprint density at radius 1 is 1.18 bits per heavy atom. The zero-order valence-electron chi connectivity index (χ0n) is 12.8. The number of nitrogen functional groups attached to an aromatic ring is 1. The predicted octanol–water partition coefficient (Wildman–Crippen LogP) is 3.05. The summed E-state index contributed by atoms with van der Waals surface area (Å²) < 4.78 is 5.77. The number of para-hydroxylation sites is 2. The summed E-state index contributed by atoms with van der Waals surface area (Å²) in [5, 5.41) is 3.33. The van der Waals surface area contributed by atoms with Crippen molar-refractivity contribution >= 4 is 22.5 Å². The molecule has 0 aliphatic rings. The van der Waals surface area contributed by atoms with Gasteiger partial charge < -0.3 is 20.4 Å². The molecule has 1 heterocycles. The summed E-state index contributed by atoms with van der Waals surface area (Å²) in [4.78, 5) is 6.61. The molecule has 0 bridgehead atoms. The number of hydrogen-bond donors (Lipinski definition) is 2. The van der Waals surface area contributed by atoms with Crippen LogP contribution in [-0.2, 0) is 0 Å². The Kier molecular flexibility index (Phi) is 3.98. The second-order valence-electron chi connectivity index (χ2n) is 5.52. The molecule has 1 aromatic heterocycles. The van der Waals surface area contributed by atoms with Crippen molar-refractivity contribution in [2.75, 3.05) is 38.2 Å². The Balaban J connectivity index is 1.81. The number of rotatable bonds is 5. The van der Waals surface area contributed by atoms with Crippen LogP contribution in [-0.4, -0.2) is 37.1 Å². The third kappa shape index (κ3) is 3.04. The fraction of sp³-hybridized carbons (Fsp3) is 0.235. The summed E-state index contributed by atoms with van der Waals surface area (Å²) in [6.45, 7) is 1.80. The van der Waals surface area contributed by atoms with E-state index in [4.69, 9.17) is 10.2 Å². The van der Waals surface area contributed by atoms with E-state index < -0.39 is 0 Å². The first-order chi connectivity index (χ1) is 10.6. The molecule has 2 aromatic carbocycles. The van der Waals surface area contributed by atoms with Gasteiger partial charge in [0.2, 0.25) is 5.89 Å². The fourth-order valence-corrected chi connectivity index (χ4v) is 2.27. The molecule has 0 fully saturated rings. The molecule has 5 nitrogen and oxygen atoms in total. The van der Waals surface area contributed by atoms with Gasteiger partial charge in [0.05, 0.1) is 11.4 Å². The molecule has 0 aliphatic heterocycles. The largest absolute Gasteiger partial charge is 0.436 e. The quantitative estimate of drug-likeness (QED) is 0.708. The van der Waals surface area contributed by atoms with Crippen LogP contribution in [0.1, 0.15) is 0 Å². The molecular weight excluding hydrogens is 276 g/mol. The van der Waals surface area contributed by atoms with Crippen LogP contribution >= 0.6 is 0 Å². The summed E-state index contributed by atoms with van der Waals surface area (Å²) in [6.07, 6.45) is 0. The van der Waals surface area contributed by atoms with Crippen LogP contribution in [0.5, 0.6) is 0 Å². The number of aromatic nitrogens is 1. The summed E-state index contributed by atoms with van der Waals surface area (Å²) in [5.41, 5.74) is 10.3. The van der Waals surface area contributed by atoms with Crippen molar-refractivity contribution in [1.29, 1.82) is 0 Å². The van der Waals surface area contributed by atoms with Gasteiger partial charge in [0.1, 0.15) is 5.52 Å². The van der Waals surface area contributed by atoms with Crippen molar-refractivity contribution in [2.24, 2.45) is 0 Å². The Bertz CT molecular complexity index is 746. The molecular formula is C17H20N4O. The van der Waals surface area contributed by atoms with Crippen LogP contribution in [0.3, 0.4) is 0 Å². The van der Waals surface area contributed by atoms with Crippen LogP contribution in [0.15, 0.2) is 46.9 Å². The van der Waals surface area contributed by atoms with E-state index in [-0.39, 0.29) is 0 Å². The van der Waals surface area contributed by atoms with Gasteiger partial charge in [0, 0.05) is 18.7 Å². The fourth-order valence-electron chi connectivity index (χ4n) is 2.27. The van der Waals surface area contributed by atoms with Crippen LogP contribution < -0.4 is 11.1 Å². The number of fused-ring (bicyclic) bond motifs is 1. The van der Waals surface area contributed by atoms with Crippen LogP contribution in [0.25, 0.3) is 22.6 Å². The summed E-state index contributed by atoms with van der Waals surface area (Å²) in [6, 6.07) is 13.6. The number of benzene rings is 2. The number of oxazole rings is 1. The van der Waals surface area contributed by atoms with E-state index >= 15 is 0 Å². The highest BCUT2D eigenvalue weighted by molar-refractivity contribution is 5.78. The zero-order chi connectivity index (χ0) is 15.5. The maximum absolute atomic E-state index is 6.12. The second kappa shape index (κ2) is 6.07. The van der Waals surface area contributed by atoms with E-state index in [0.717, 1.165) is 35.4 Å². The highest BCUT2D eigenvalue weighted by Crippen LogP contribution is 2.28.